The lowest BCUT2D eigenvalue weighted by atomic mass is 9.97. The van der Waals surface area contributed by atoms with E-state index in [1.165, 1.54) is 6.20 Å². The van der Waals surface area contributed by atoms with E-state index >= 15 is 0 Å². The van der Waals surface area contributed by atoms with Crippen molar-refractivity contribution in [1.82, 2.24) is 19.4 Å². The van der Waals surface area contributed by atoms with Gasteiger partial charge in [-0.25, -0.2) is 14.8 Å². The molecule has 4 heterocycles. The Kier molecular flexibility index (Phi) is 7.14. The number of ether oxygens (including phenoxy) is 1. The molecule has 2 atom stereocenters. The summed E-state index contributed by atoms with van der Waals surface area (Å²) in [6.45, 7) is 2.88. The number of nitrogens with zero attached hydrogens (tertiary/aromatic N) is 4. The summed E-state index contributed by atoms with van der Waals surface area (Å²) in [5, 5.41) is 4.87. The van der Waals surface area contributed by atoms with E-state index in [2.05, 4.69) is 15.3 Å². The zero-order valence-electron chi connectivity index (χ0n) is 21.9. The molecular weight excluding hydrogens is 579 g/mol. The van der Waals surface area contributed by atoms with Crippen LogP contribution >= 0.6 is 22.9 Å². The number of carbonyl (C=O) groups is 1. The third kappa shape index (κ3) is 5.76. The number of hydrogen-bond donors (Lipinski definition) is 1. The number of fused-ring (bicyclic) bond motifs is 2. The molecule has 41 heavy (non-hydrogen) atoms. The van der Waals surface area contributed by atoms with E-state index in [9.17, 15) is 22.8 Å². The van der Waals surface area contributed by atoms with Crippen LogP contribution in [0.4, 0.5) is 23.7 Å². The summed E-state index contributed by atoms with van der Waals surface area (Å²) in [5.41, 5.74) is 2.22. The fourth-order valence-electron chi connectivity index (χ4n) is 5.40. The van der Waals surface area contributed by atoms with Gasteiger partial charge in [0.25, 0.3) is 5.56 Å². The number of piperidine rings is 1. The molecule has 2 aliphatic rings. The zero-order chi connectivity index (χ0) is 28.9. The third-order valence-electron chi connectivity index (χ3n) is 7.41. The van der Waals surface area contributed by atoms with Crippen LogP contribution in [-0.4, -0.2) is 56.9 Å². The van der Waals surface area contributed by atoms with Crippen molar-refractivity contribution in [3.63, 3.8) is 0 Å². The second-order valence-electron chi connectivity index (χ2n) is 10.3. The van der Waals surface area contributed by atoms with Crippen LogP contribution in [0.25, 0.3) is 21.5 Å². The molecule has 0 radical (unpaired) electrons. The van der Waals surface area contributed by atoms with E-state index in [1.54, 1.807) is 40.7 Å². The normalized spacial score (nSPS) is 19.0. The Morgan fingerprint density at radius 2 is 1.98 bits per heavy atom. The first-order valence-electron chi connectivity index (χ1n) is 13.1. The van der Waals surface area contributed by atoms with Crippen LogP contribution in [0, 0.1) is 6.92 Å². The Balaban J connectivity index is 1.40. The molecular formula is C28H25ClF3N5O3S. The highest BCUT2D eigenvalue weighted by atomic mass is 35.5. The largest absolute Gasteiger partial charge is 0.447 e. The topological polar surface area (TPSA) is 89.4 Å². The van der Waals surface area contributed by atoms with Gasteiger partial charge in [-0.1, -0.05) is 23.7 Å². The quantitative estimate of drug-likeness (QED) is 0.289. The molecule has 8 nitrogen and oxygen atoms in total. The number of benzene rings is 2. The number of alkyl halides is 3. The minimum atomic E-state index is -4.35. The Bertz CT molecular complexity index is 1690. The number of aromatic nitrogens is 3. The van der Waals surface area contributed by atoms with Gasteiger partial charge < -0.3 is 15.0 Å². The van der Waals surface area contributed by atoms with Gasteiger partial charge in [0.1, 0.15) is 17.4 Å². The van der Waals surface area contributed by atoms with Crippen molar-refractivity contribution in [2.45, 2.75) is 51.0 Å². The fourth-order valence-corrected chi connectivity index (χ4v) is 6.50. The third-order valence-corrected chi connectivity index (χ3v) is 8.69. The first kappa shape index (κ1) is 27.5. The molecule has 1 N–H and O–H groups in total. The Labute approximate surface area is 241 Å². The predicted octanol–water partition coefficient (Wildman–Crippen LogP) is 6.03. The van der Waals surface area contributed by atoms with Gasteiger partial charge in [-0.15, -0.1) is 11.3 Å². The average Bonchev–Trinajstić information content (AvgIpc) is 3.53. The summed E-state index contributed by atoms with van der Waals surface area (Å²) in [7, 11) is 0. The van der Waals surface area contributed by atoms with Crippen molar-refractivity contribution in [2.24, 2.45) is 0 Å². The highest BCUT2D eigenvalue weighted by molar-refractivity contribution is 7.15. The summed E-state index contributed by atoms with van der Waals surface area (Å²) in [5.74, 6) is 0.499. The molecule has 4 aromatic rings. The minimum Gasteiger partial charge on any atom is -0.447 e. The number of amides is 1. The maximum atomic E-state index is 13.7. The molecule has 2 fully saturated rings. The SMILES string of the molecule is Cc1nc2cc(-c3ncc(CC(F)(F)F)s3)c(N[C@H]3CCN4C(=O)OC[C@@H]4C3)cc2c(=O)n1Cc1ccc(Cl)cc1. The Morgan fingerprint density at radius 3 is 2.73 bits per heavy atom. The average molecular weight is 604 g/mol. The summed E-state index contributed by atoms with van der Waals surface area (Å²) in [6.07, 6.45) is -3.22. The smallest absolute Gasteiger partial charge is 0.410 e. The molecule has 13 heteroatoms. The van der Waals surface area contributed by atoms with Gasteiger partial charge in [-0.3, -0.25) is 9.36 Å². The number of nitrogens with one attached hydrogen (secondary N) is 1. The zero-order valence-corrected chi connectivity index (χ0v) is 23.4. The first-order valence-corrected chi connectivity index (χ1v) is 14.2. The standard InChI is InChI=1S/C28H25ClF3N5O3S/c1-15-34-24-9-21(25-33-12-20(41-25)11-28(30,31)32)23(35-18-6-7-36-19(8-18)14-40-27(36)39)10-22(24)26(38)37(15)13-16-2-4-17(29)5-3-16/h2-5,9-10,12,18-19,35H,6-8,11,13-14H2,1H3/t18-,19-/m0/s1. The van der Waals surface area contributed by atoms with E-state index in [0.29, 0.717) is 70.5 Å². The van der Waals surface area contributed by atoms with Crippen LogP contribution in [0.15, 0.2) is 47.4 Å². The maximum absolute atomic E-state index is 13.7. The molecule has 214 valence electrons. The number of hydrogen-bond acceptors (Lipinski definition) is 7. The summed E-state index contributed by atoms with van der Waals surface area (Å²) < 4.78 is 46.0. The van der Waals surface area contributed by atoms with Gasteiger partial charge in [0.2, 0.25) is 0 Å². The summed E-state index contributed by atoms with van der Waals surface area (Å²) in [4.78, 5) is 36.5. The summed E-state index contributed by atoms with van der Waals surface area (Å²) >= 11 is 6.98. The lowest BCUT2D eigenvalue weighted by Gasteiger charge is -2.33. The number of rotatable bonds is 6. The molecule has 0 spiro atoms. The van der Waals surface area contributed by atoms with Crippen LogP contribution in [-0.2, 0) is 17.7 Å². The maximum Gasteiger partial charge on any atom is 0.410 e. The van der Waals surface area contributed by atoms with Crippen LogP contribution in [0.5, 0.6) is 0 Å². The molecule has 1 amide bonds. The Hall–Kier alpha value is -3.64. The Morgan fingerprint density at radius 1 is 1.20 bits per heavy atom. The first-order chi connectivity index (χ1) is 19.5. The molecule has 6 rings (SSSR count). The summed E-state index contributed by atoms with van der Waals surface area (Å²) in [6, 6.07) is 10.5. The fraction of sp³-hybridized carbons (Fsp3) is 0.357. The van der Waals surface area contributed by atoms with Crippen LogP contribution in [0.2, 0.25) is 5.02 Å². The van der Waals surface area contributed by atoms with Crippen molar-refractivity contribution < 1.29 is 22.7 Å². The van der Waals surface area contributed by atoms with E-state index in [4.69, 9.17) is 16.3 Å². The molecule has 2 aromatic carbocycles. The second kappa shape index (κ2) is 10.6. The van der Waals surface area contributed by atoms with Gasteiger partial charge in [0.05, 0.1) is 29.9 Å². The predicted molar refractivity (Wildman–Crippen MR) is 151 cm³/mol. The van der Waals surface area contributed by atoms with Crippen molar-refractivity contribution in [3.8, 4) is 10.6 Å². The molecule has 2 aliphatic heterocycles. The number of anilines is 1. The molecule has 0 unspecified atom stereocenters. The van der Waals surface area contributed by atoms with E-state index in [-0.39, 0.29) is 28.6 Å². The number of aryl methyl sites for hydroxylation is 1. The molecule has 2 saturated heterocycles. The second-order valence-corrected chi connectivity index (χ2v) is 11.9. The van der Waals surface area contributed by atoms with Crippen LogP contribution in [0.3, 0.4) is 0 Å². The molecule has 0 saturated carbocycles. The van der Waals surface area contributed by atoms with Gasteiger partial charge in [-0.2, -0.15) is 13.2 Å². The number of thiazole rings is 1. The number of cyclic esters (lactones) is 1. The van der Waals surface area contributed by atoms with E-state index in [0.717, 1.165) is 16.9 Å². The van der Waals surface area contributed by atoms with Crippen molar-refractivity contribution in [1.29, 1.82) is 0 Å². The van der Waals surface area contributed by atoms with Gasteiger partial charge in [0, 0.05) is 39.9 Å². The molecule has 0 aliphatic carbocycles. The van der Waals surface area contributed by atoms with Crippen LogP contribution < -0.4 is 10.9 Å². The molecule has 2 aromatic heterocycles. The lowest BCUT2D eigenvalue weighted by molar-refractivity contribution is -0.126. The van der Waals surface area contributed by atoms with Gasteiger partial charge >= 0.3 is 12.3 Å². The van der Waals surface area contributed by atoms with Crippen molar-refractivity contribution in [2.75, 3.05) is 18.5 Å². The minimum absolute atomic E-state index is 0.0498. The van der Waals surface area contributed by atoms with Crippen LogP contribution in [0.1, 0.15) is 29.1 Å². The molecule has 0 bridgehead atoms. The van der Waals surface area contributed by atoms with Crippen molar-refractivity contribution in [3.05, 3.63) is 74.2 Å². The van der Waals surface area contributed by atoms with E-state index < -0.39 is 12.6 Å². The highest BCUT2D eigenvalue weighted by Crippen LogP contribution is 2.37. The number of carbonyl (C=O) groups excluding carboxylic acids is 1. The van der Waals surface area contributed by atoms with Crippen molar-refractivity contribution >= 4 is 45.6 Å². The monoisotopic (exact) mass is 603 g/mol. The lowest BCUT2D eigenvalue weighted by Crippen LogP contribution is -2.45. The van der Waals surface area contributed by atoms with Gasteiger partial charge in [-0.05, 0) is 49.6 Å². The number of halogens is 4. The van der Waals surface area contributed by atoms with Gasteiger partial charge in [0.15, 0.2) is 0 Å². The highest BCUT2D eigenvalue weighted by Gasteiger charge is 2.38. The van der Waals surface area contributed by atoms with E-state index in [1.807, 2.05) is 12.1 Å².